The van der Waals surface area contributed by atoms with E-state index in [1.807, 2.05) is 37.8 Å². The summed E-state index contributed by atoms with van der Waals surface area (Å²) in [5, 5.41) is 9.30. The topological polar surface area (TPSA) is 49.8 Å². The van der Waals surface area contributed by atoms with Gasteiger partial charge in [0.1, 0.15) is 5.60 Å². The van der Waals surface area contributed by atoms with Crippen molar-refractivity contribution in [2.24, 2.45) is 11.8 Å². The van der Waals surface area contributed by atoms with Crippen molar-refractivity contribution in [1.82, 2.24) is 4.90 Å². The van der Waals surface area contributed by atoms with Crippen molar-refractivity contribution in [2.75, 3.05) is 0 Å². The van der Waals surface area contributed by atoms with Gasteiger partial charge in [-0.25, -0.2) is 4.79 Å². The summed E-state index contributed by atoms with van der Waals surface area (Å²) in [6.07, 6.45) is 2.09. The van der Waals surface area contributed by atoms with Crippen molar-refractivity contribution in [2.45, 2.75) is 45.1 Å². The molecule has 2 aliphatic heterocycles. The Balaban J connectivity index is 1.52. The van der Waals surface area contributed by atoms with Gasteiger partial charge in [-0.3, -0.25) is 4.90 Å². The molecule has 3 aliphatic rings. The van der Waals surface area contributed by atoms with Crippen LogP contribution in [0.4, 0.5) is 4.79 Å². The highest BCUT2D eigenvalue weighted by Crippen LogP contribution is 2.67. The number of rotatable bonds is 2. The molecule has 28 heavy (non-hydrogen) atoms. The molecule has 1 saturated heterocycles. The molecule has 1 aliphatic carbocycles. The third-order valence-corrected chi connectivity index (χ3v) is 6.16. The molecule has 5 rings (SSSR count). The molecule has 4 heteroatoms. The highest BCUT2D eigenvalue weighted by atomic mass is 16.6. The van der Waals surface area contributed by atoms with Gasteiger partial charge >= 0.3 is 6.09 Å². The number of hydrogen-bond donors (Lipinski definition) is 1. The summed E-state index contributed by atoms with van der Waals surface area (Å²) in [5.74, 6) is 0.632. The first-order valence-electron chi connectivity index (χ1n) is 9.91. The lowest BCUT2D eigenvalue weighted by molar-refractivity contribution is 0.0166. The Morgan fingerprint density at radius 2 is 1.68 bits per heavy atom. The van der Waals surface area contributed by atoms with Gasteiger partial charge in [0.2, 0.25) is 0 Å². The summed E-state index contributed by atoms with van der Waals surface area (Å²) >= 11 is 0. The van der Waals surface area contributed by atoms with Crippen LogP contribution in [0.5, 0.6) is 0 Å². The molecule has 0 spiro atoms. The molecule has 1 N–H and O–H groups in total. The van der Waals surface area contributed by atoms with Crippen molar-refractivity contribution in [3.05, 3.63) is 76.9 Å². The van der Waals surface area contributed by atoms with E-state index in [9.17, 15) is 9.90 Å². The van der Waals surface area contributed by atoms with E-state index in [1.165, 1.54) is 22.3 Å². The molecule has 4 atom stereocenters. The Bertz CT molecular complexity index is 970. The second-order valence-corrected chi connectivity index (χ2v) is 8.99. The minimum absolute atomic E-state index is 0.0265. The molecule has 1 amide bonds. The van der Waals surface area contributed by atoms with Crippen LogP contribution >= 0.6 is 0 Å². The predicted molar refractivity (Wildman–Crippen MR) is 107 cm³/mol. The van der Waals surface area contributed by atoms with Crippen LogP contribution in [0.15, 0.2) is 54.6 Å². The largest absolute Gasteiger partial charge is 0.444 e. The quantitative estimate of drug-likeness (QED) is 0.816. The van der Waals surface area contributed by atoms with Crippen LogP contribution in [0, 0.1) is 11.8 Å². The SMILES string of the molecule is CC(C)(C)OC(=O)N1C2c3ccccc3C1C1C(c3ccc(CO)cc3)=CC12. The van der Waals surface area contributed by atoms with Crippen molar-refractivity contribution in [3.8, 4) is 0 Å². The monoisotopic (exact) mass is 375 g/mol. The van der Waals surface area contributed by atoms with E-state index in [2.05, 4.69) is 42.5 Å². The highest BCUT2D eigenvalue weighted by molar-refractivity contribution is 5.81. The zero-order chi connectivity index (χ0) is 19.6. The van der Waals surface area contributed by atoms with E-state index >= 15 is 0 Å². The molecule has 2 aromatic rings. The molecule has 2 heterocycles. The molecule has 1 fully saturated rings. The fourth-order valence-electron chi connectivity index (χ4n) is 5.09. The number of hydrogen-bond acceptors (Lipinski definition) is 3. The summed E-state index contributed by atoms with van der Waals surface area (Å²) in [4.78, 5) is 15.1. The Morgan fingerprint density at radius 1 is 1.04 bits per heavy atom. The highest BCUT2D eigenvalue weighted by Gasteiger charge is 2.62. The Hall–Kier alpha value is -2.59. The third kappa shape index (κ3) is 2.44. The zero-order valence-electron chi connectivity index (χ0n) is 16.4. The van der Waals surface area contributed by atoms with Crippen LogP contribution in [0.2, 0.25) is 0 Å². The number of carbonyl (C=O) groups excluding carboxylic acids is 1. The first-order valence-corrected chi connectivity index (χ1v) is 9.91. The lowest BCUT2D eigenvalue weighted by Gasteiger charge is -2.38. The van der Waals surface area contributed by atoms with E-state index in [1.54, 1.807) is 0 Å². The number of aliphatic hydroxyl groups is 1. The van der Waals surface area contributed by atoms with Crippen molar-refractivity contribution in [1.29, 1.82) is 0 Å². The van der Waals surface area contributed by atoms with E-state index in [0.717, 1.165) is 5.56 Å². The Labute approximate surface area is 165 Å². The standard InChI is InChI=1S/C24H25NO3/c1-24(2,3)28-23(27)25-21-16-6-4-5-7-17(16)22(25)20-18(12-19(20)21)15-10-8-14(13-26)9-11-15/h4-12,19-22,26H,13H2,1-3H3. The van der Waals surface area contributed by atoms with Gasteiger partial charge in [-0.2, -0.15) is 0 Å². The van der Waals surface area contributed by atoms with Gasteiger partial charge in [0, 0.05) is 11.8 Å². The molecule has 0 saturated carbocycles. The van der Waals surface area contributed by atoms with E-state index in [0.29, 0.717) is 11.8 Å². The molecular formula is C24H25NO3. The number of fused-ring (bicyclic) bond motifs is 8. The minimum Gasteiger partial charge on any atom is -0.444 e. The minimum atomic E-state index is -0.513. The fourth-order valence-corrected chi connectivity index (χ4v) is 5.09. The van der Waals surface area contributed by atoms with Crippen LogP contribution in [-0.2, 0) is 11.3 Å². The molecule has 4 nitrogen and oxygen atoms in total. The molecule has 2 aromatic carbocycles. The smallest absolute Gasteiger partial charge is 0.411 e. The number of nitrogens with zero attached hydrogens (tertiary/aromatic N) is 1. The van der Waals surface area contributed by atoms with Crippen LogP contribution in [0.1, 0.15) is 55.1 Å². The van der Waals surface area contributed by atoms with E-state index in [4.69, 9.17) is 4.74 Å². The fraction of sp³-hybridized carbons (Fsp3) is 0.375. The number of amides is 1. The maximum atomic E-state index is 13.1. The van der Waals surface area contributed by atoms with Crippen LogP contribution in [0.3, 0.4) is 0 Å². The van der Waals surface area contributed by atoms with Crippen LogP contribution in [0.25, 0.3) is 5.57 Å². The second kappa shape index (κ2) is 5.95. The Morgan fingerprint density at radius 3 is 2.29 bits per heavy atom. The van der Waals surface area contributed by atoms with E-state index < -0.39 is 5.60 Å². The molecule has 144 valence electrons. The number of carbonyl (C=O) groups is 1. The molecule has 0 radical (unpaired) electrons. The van der Waals surface area contributed by atoms with Crippen molar-refractivity contribution >= 4 is 11.7 Å². The summed E-state index contributed by atoms with van der Waals surface area (Å²) in [7, 11) is 0. The maximum Gasteiger partial charge on any atom is 0.411 e. The van der Waals surface area contributed by atoms with Gasteiger partial charge in [-0.15, -0.1) is 0 Å². The summed E-state index contributed by atoms with van der Waals surface area (Å²) in [6.45, 7) is 5.79. The van der Waals surface area contributed by atoms with Gasteiger partial charge < -0.3 is 9.84 Å². The summed E-state index contributed by atoms with van der Waals surface area (Å²) in [5.41, 5.74) is 5.37. The Kier molecular flexibility index (Phi) is 3.72. The molecular weight excluding hydrogens is 350 g/mol. The molecule has 0 aromatic heterocycles. The number of benzene rings is 2. The van der Waals surface area contributed by atoms with Gasteiger partial charge in [-0.1, -0.05) is 54.6 Å². The summed E-state index contributed by atoms with van der Waals surface area (Å²) < 4.78 is 5.77. The predicted octanol–water partition coefficient (Wildman–Crippen LogP) is 4.86. The first-order chi connectivity index (χ1) is 13.4. The maximum absolute atomic E-state index is 13.1. The van der Waals surface area contributed by atoms with Crippen molar-refractivity contribution < 1.29 is 14.6 Å². The number of aliphatic hydroxyl groups excluding tert-OH is 1. The summed E-state index contributed by atoms with van der Waals surface area (Å²) in [6, 6.07) is 16.6. The van der Waals surface area contributed by atoms with Crippen LogP contribution < -0.4 is 0 Å². The molecule has 2 bridgehead atoms. The lowest BCUT2D eigenvalue weighted by atomic mass is 9.63. The van der Waals surface area contributed by atoms with Crippen LogP contribution in [-0.4, -0.2) is 21.7 Å². The number of ether oxygens (including phenoxy) is 1. The average Bonchev–Trinajstić information content (AvgIpc) is 3.08. The van der Waals surface area contributed by atoms with Gasteiger partial charge in [-0.05, 0) is 48.6 Å². The lowest BCUT2D eigenvalue weighted by Crippen LogP contribution is -2.35. The molecule has 4 unspecified atom stereocenters. The van der Waals surface area contributed by atoms with Crippen molar-refractivity contribution in [3.63, 3.8) is 0 Å². The van der Waals surface area contributed by atoms with E-state index in [-0.39, 0.29) is 24.8 Å². The zero-order valence-corrected chi connectivity index (χ0v) is 16.4. The second-order valence-electron chi connectivity index (χ2n) is 8.99. The third-order valence-electron chi connectivity index (χ3n) is 6.16. The average molecular weight is 375 g/mol. The van der Waals surface area contributed by atoms with Gasteiger partial charge in [0.25, 0.3) is 0 Å². The normalized spacial score (nSPS) is 27.0. The van der Waals surface area contributed by atoms with Gasteiger partial charge in [0.15, 0.2) is 0 Å². The first kappa shape index (κ1) is 17.5. The van der Waals surface area contributed by atoms with Gasteiger partial charge in [0.05, 0.1) is 18.7 Å².